The maximum absolute atomic E-state index is 11.2. The molecule has 7 heteroatoms. The molecule has 0 atom stereocenters. The van der Waals surface area contributed by atoms with E-state index in [1.165, 1.54) is 4.40 Å². The molecule has 0 saturated carbocycles. The van der Waals surface area contributed by atoms with Crippen LogP contribution in [0.15, 0.2) is 48.7 Å². The normalized spacial score (nSPS) is 10.7. The summed E-state index contributed by atoms with van der Waals surface area (Å²) in [4.78, 5) is 15.1. The highest BCUT2D eigenvalue weighted by atomic mass is 16.6. The van der Waals surface area contributed by atoms with Crippen LogP contribution >= 0.6 is 0 Å². The maximum atomic E-state index is 11.2. The summed E-state index contributed by atoms with van der Waals surface area (Å²) in [5.41, 5.74) is 1.55. The van der Waals surface area contributed by atoms with E-state index < -0.39 is 4.92 Å². The summed E-state index contributed by atoms with van der Waals surface area (Å²) in [7, 11) is 0. The van der Waals surface area contributed by atoms with Gasteiger partial charge in [0, 0.05) is 12.6 Å². The lowest BCUT2D eigenvalue weighted by atomic mass is 10.1. The molecule has 0 spiro atoms. The highest BCUT2D eigenvalue weighted by Crippen LogP contribution is 2.25. The molecular formula is C15H14N4O3. The average Bonchev–Trinajstić information content (AvgIpc) is 2.87. The maximum Gasteiger partial charge on any atom is 0.372 e. The first-order valence-corrected chi connectivity index (χ1v) is 6.78. The highest BCUT2D eigenvalue weighted by molar-refractivity contribution is 5.62. The van der Waals surface area contributed by atoms with Gasteiger partial charge in [0.2, 0.25) is 11.5 Å². The van der Waals surface area contributed by atoms with Gasteiger partial charge in [-0.25, -0.2) is 0 Å². The number of nitrogens with one attached hydrogen (secondary N) is 1. The summed E-state index contributed by atoms with van der Waals surface area (Å²) in [5, 5.41) is 23.5. The fraction of sp³-hybridized carbons (Fsp3) is 0.133. The van der Waals surface area contributed by atoms with Gasteiger partial charge in [-0.2, -0.15) is 9.38 Å². The zero-order valence-corrected chi connectivity index (χ0v) is 11.6. The molecule has 0 unspecified atom stereocenters. The molecule has 0 amide bonds. The number of aromatic nitrogens is 2. The van der Waals surface area contributed by atoms with E-state index in [4.69, 9.17) is 0 Å². The van der Waals surface area contributed by atoms with E-state index in [1.54, 1.807) is 36.5 Å². The van der Waals surface area contributed by atoms with Gasteiger partial charge < -0.3 is 20.5 Å². The Morgan fingerprint density at radius 1 is 1.23 bits per heavy atom. The minimum absolute atomic E-state index is 0.0682. The van der Waals surface area contributed by atoms with Crippen LogP contribution in [-0.4, -0.2) is 26.0 Å². The molecule has 3 aromatic rings. The first kappa shape index (κ1) is 13.9. The van der Waals surface area contributed by atoms with Crippen LogP contribution < -0.4 is 5.32 Å². The number of anilines is 1. The van der Waals surface area contributed by atoms with Crippen molar-refractivity contribution in [1.29, 1.82) is 0 Å². The van der Waals surface area contributed by atoms with Crippen molar-refractivity contribution in [3.63, 3.8) is 0 Å². The van der Waals surface area contributed by atoms with Gasteiger partial charge in [0.1, 0.15) is 5.75 Å². The Kier molecular flexibility index (Phi) is 3.61. The Morgan fingerprint density at radius 2 is 2.00 bits per heavy atom. The predicted octanol–water partition coefficient (Wildman–Crippen LogP) is 2.60. The Morgan fingerprint density at radius 3 is 2.73 bits per heavy atom. The summed E-state index contributed by atoms with van der Waals surface area (Å²) in [6, 6.07) is 12.1. The monoisotopic (exact) mass is 298 g/mol. The van der Waals surface area contributed by atoms with Crippen LogP contribution in [0.2, 0.25) is 0 Å². The highest BCUT2D eigenvalue weighted by Gasteiger charge is 2.21. The van der Waals surface area contributed by atoms with Gasteiger partial charge in [0.15, 0.2) is 0 Å². The third-order valence-electron chi connectivity index (χ3n) is 3.32. The van der Waals surface area contributed by atoms with Gasteiger partial charge in [0.05, 0.1) is 6.20 Å². The number of phenolic OH excluding ortho intramolecular Hbond substituents is 1. The SMILES string of the molecule is O=[N+]([O-])c1c(NCCc2ccc(O)cc2)nc2ccccn12. The number of imidazole rings is 1. The van der Waals surface area contributed by atoms with Crippen LogP contribution in [0.5, 0.6) is 5.75 Å². The van der Waals surface area contributed by atoms with E-state index in [2.05, 4.69) is 10.3 Å². The van der Waals surface area contributed by atoms with E-state index >= 15 is 0 Å². The second-order valence-electron chi connectivity index (χ2n) is 4.81. The van der Waals surface area contributed by atoms with Crippen molar-refractivity contribution >= 4 is 17.3 Å². The fourth-order valence-corrected chi connectivity index (χ4v) is 2.26. The molecule has 22 heavy (non-hydrogen) atoms. The van der Waals surface area contributed by atoms with Crippen LogP contribution in [-0.2, 0) is 6.42 Å². The number of fused-ring (bicyclic) bond motifs is 1. The van der Waals surface area contributed by atoms with Gasteiger partial charge in [-0.3, -0.25) is 0 Å². The molecule has 7 nitrogen and oxygen atoms in total. The second-order valence-corrected chi connectivity index (χ2v) is 4.81. The number of hydrogen-bond acceptors (Lipinski definition) is 5. The van der Waals surface area contributed by atoms with E-state index in [0.29, 0.717) is 18.6 Å². The van der Waals surface area contributed by atoms with Crippen molar-refractivity contribution in [2.24, 2.45) is 0 Å². The van der Waals surface area contributed by atoms with Gasteiger partial charge in [0.25, 0.3) is 0 Å². The third-order valence-corrected chi connectivity index (χ3v) is 3.32. The van der Waals surface area contributed by atoms with Gasteiger partial charge in [-0.05, 0) is 35.1 Å². The molecule has 0 saturated heterocycles. The summed E-state index contributed by atoms with van der Waals surface area (Å²) in [5.74, 6) is 0.406. The smallest absolute Gasteiger partial charge is 0.372 e. The molecule has 2 aromatic heterocycles. The van der Waals surface area contributed by atoms with E-state index in [1.807, 2.05) is 12.1 Å². The third kappa shape index (κ3) is 2.69. The molecule has 0 radical (unpaired) electrons. The van der Waals surface area contributed by atoms with Crippen molar-refractivity contribution in [2.75, 3.05) is 11.9 Å². The van der Waals surface area contributed by atoms with Gasteiger partial charge in [-0.15, -0.1) is 0 Å². The Balaban J connectivity index is 1.77. The number of pyridine rings is 1. The summed E-state index contributed by atoms with van der Waals surface area (Å²) >= 11 is 0. The predicted molar refractivity (Wildman–Crippen MR) is 82.1 cm³/mol. The van der Waals surface area contributed by atoms with Crippen molar-refractivity contribution in [3.8, 4) is 5.75 Å². The number of rotatable bonds is 5. The summed E-state index contributed by atoms with van der Waals surface area (Å²) < 4.78 is 1.45. The topological polar surface area (TPSA) is 92.7 Å². The Labute approximate surface area is 126 Å². The molecule has 2 N–H and O–H groups in total. The molecule has 112 valence electrons. The lowest BCUT2D eigenvalue weighted by molar-refractivity contribution is -0.389. The Hall–Kier alpha value is -3.09. The molecule has 1 aromatic carbocycles. The lowest BCUT2D eigenvalue weighted by Crippen LogP contribution is -2.07. The standard InChI is InChI=1S/C15H14N4O3/c20-12-6-4-11(5-7-12)8-9-16-14-15(19(21)22)18-10-2-1-3-13(18)17-14/h1-7,10,16,20H,8-9H2. The summed E-state index contributed by atoms with van der Waals surface area (Å²) in [6.45, 7) is 0.509. The summed E-state index contributed by atoms with van der Waals surface area (Å²) in [6.07, 6.45) is 2.29. The van der Waals surface area contributed by atoms with Crippen molar-refractivity contribution in [1.82, 2.24) is 9.38 Å². The van der Waals surface area contributed by atoms with Gasteiger partial charge >= 0.3 is 5.82 Å². The van der Waals surface area contributed by atoms with Crippen LogP contribution in [0.25, 0.3) is 5.65 Å². The van der Waals surface area contributed by atoms with Crippen LogP contribution in [0.4, 0.5) is 11.6 Å². The number of nitro groups is 1. The van der Waals surface area contributed by atoms with Crippen molar-refractivity contribution in [3.05, 3.63) is 64.3 Å². The quantitative estimate of drug-likeness (QED) is 0.558. The second kappa shape index (κ2) is 5.72. The number of nitrogens with zero attached hydrogens (tertiary/aromatic N) is 3. The lowest BCUT2D eigenvalue weighted by Gasteiger charge is -2.04. The number of phenols is 1. The number of aromatic hydroxyl groups is 1. The molecule has 0 aliphatic rings. The first-order chi connectivity index (χ1) is 10.6. The first-order valence-electron chi connectivity index (χ1n) is 6.78. The van der Waals surface area contributed by atoms with E-state index in [9.17, 15) is 15.2 Å². The molecular weight excluding hydrogens is 284 g/mol. The largest absolute Gasteiger partial charge is 0.508 e. The fourth-order valence-electron chi connectivity index (χ4n) is 2.26. The molecule has 0 bridgehead atoms. The zero-order valence-electron chi connectivity index (χ0n) is 11.6. The molecule has 0 aliphatic heterocycles. The number of benzene rings is 1. The van der Waals surface area contributed by atoms with Crippen LogP contribution in [0.3, 0.4) is 0 Å². The molecule has 3 rings (SSSR count). The van der Waals surface area contributed by atoms with Crippen LogP contribution in [0, 0.1) is 10.1 Å². The van der Waals surface area contributed by atoms with E-state index in [0.717, 1.165) is 5.56 Å². The Bertz CT molecular complexity index is 811. The zero-order chi connectivity index (χ0) is 15.5. The van der Waals surface area contributed by atoms with Crippen LogP contribution in [0.1, 0.15) is 5.56 Å². The number of hydrogen-bond donors (Lipinski definition) is 2. The van der Waals surface area contributed by atoms with Crippen molar-refractivity contribution < 1.29 is 10.0 Å². The molecule has 0 aliphatic carbocycles. The molecule has 0 fully saturated rings. The van der Waals surface area contributed by atoms with Crippen molar-refractivity contribution in [2.45, 2.75) is 6.42 Å². The molecule has 2 heterocycles. The average molecular weight is 298 g/mol. The minimum Gasteiger partial charge on any atom is -0.508 e. The van der Waals surface area contributed by atoms with E-state index in [-0.39, 0.29) is 17.4 Å². The van der Waals surface area contributed by atoms with Gasteiger partial charge in [-0.1, -0.05) is 18.2 Å². The minimum atomic E-state index is -0.442.